The molecule has 52 valence electrons. The lowest BCUT2D eigenvalue weighted by molar-refractivity contribution is -0.156. The Balaban J connectivity index is 2.33. The van der Waals surface area contributed by atoms with E-state index in [2.05, 4.69) is 0 Å². The van der Waals surface area contributed by atoms with E-state index in [9.17, 15) is 4.79 Å². The third-order valence-corrected chi connectivity index (χ3v) is 1.33. The zero-order valence-electron chi connectivity index (χ0n) is 5.64. The van der Waals surface area contributed by atoms with Crippen LogP contribution in [0.25, 0.3) is 0 Å². The Kier molecular flexibility index (Phi) is 1.45. The molecule has 1 aliphatic heterocycles. The number of hydrogen-bond donors (Lipinski definition) is 0. The molecule has 0 aliphatic carbocycles. The van der Waals surface area contributed by atoms with Crippen LogP contribution in [0.1, 0.15) is 20.3 Å². The highest BCUT2D eigenvalue weighted by atomic mass is 16.8. The molecular weight excluding hydrogens is 120 g/mol. The Morgan fingerprint density at radius 3 is 2.56 bits per heavy atom. The van der Waals surface area contributed by atoms with Crippen LogP contribution in [0.3, 0.4) is 0 Å². The Hall–Kier alpha value is -0.570. The molecule has 0 aromatic heterocycles. The molecule has 1 rings (SSSR count). The zero-order chi connectivity index (χ0) is 6.91. The highest BCUT2D eigenvalue weighted by Gasteiger charge is 2.46. The Bertz CT molecular complexity index is 126. The maximum Gasteiger partial charge on any atom is 0.305 e. The molecule has 3 nitrogen and oxygen atoms in total. The van der Waals surface area contributed by atoms with E-state index in [-0.39, 0.29) is 5.97 Å². The molecule has 1 saturated heterocycles. The summed E-state index contributed by atoms with van der Waals surface area (Å²) >= 11 is 0. The number of esters is 1. The van der Waals surface area contributed by atoms with Gasteiger partial charge >= 0.3 is 5.97 Å². The highest BCUT2D eigenvalue weighted by molar-refractivity contribution is 5.66. The first kappa shape index (κ1) is 6.55. The predicted octanol–water partition coefficient (Wildman–Crippen LogP) is 0.686. The van der Waals surface area contributed by atoms with Crippen molar-refractivity contribution in [3.8, 4) is 0 Å². The van der Waals surface area contributed by atoms with Crippen molar-refractivity contribution >= 4 is 5.97 Å². The standard InChI is InChI=1S/C6H10O3/c1-3-6(4-8-6)9-5(2)7/h3-4H2,1-2H3/t6-/m0/s1. The van der Waals surface area contributed by atoms with Gasteiger partial charge in [0.25, 0.3) is 0 Å². The van der Waals surface area contributed by atoms with Crippen molar-refractivity contribution in [1.82, 2.24) is 0 Å². The Labute approximate surface area is 53.9 Å². The van der Waals surface area contributed by atoms with Crippen molar-refractivity contribution in [2.75, 3.05) is 6.61 Å². The summed E-state index contributed by atoms with van der Waals surface area (Å²) in [6.07, 6.45) is 0.743. The van der Waals surface area contributed by atoms with Crippen molar-refractivity contribution in [2.45, 2.75) is 26.1 Å². The van der Waals surface area contributed by atoms with Crippen LogP contribution in [0.2, 0.25) is 0 Å². The maximum atomic E-state index is 10.4. The minimum absolute atomic E-state index is 0.269. The third-order valence-electron chi connectivity index (χ3n) is 1.33. The second-order valence-electron chi connectivity index (χ2n) is 2.15. The molecule has 1 aliphatic rings. The van der Waals surface area contributed by atoms with Gasteiger partial charge in [0.15, 0.2) is 0 Å². The lowest BCUT2D eigenvalue weighted by Gasteiger charge is -2.06. The summed E-state index contributed by atoms with van der Waals surface area (Å²) in [7, 11) is 0. The fraction of sp³-hybridized carbons (Fsp3) is 0.833. The summed E-state index contributed by atoms with van der Waals surface area (Å²) in [5.41, 5.74) is 0. The minimum atomic E-state index is -0.536. The average molecular weight is 130 g/mol. The fourth-order valence-corrected chi connectivity index (χ4v) is 0.678. The van der Waals surface area contributed by atoms with Crippen LogP contribution in [0, 0.1) is 0 Å². The van der Waals surface area contributed by atoms with Crippen molar-refractivity contribution in [3.05, 3.63) is 0 Å². The summed E-state index contributed by atoms with van der Waals surface area (Å²) < 4.78 is 9.75. The van der Waals surface area contributed by atoms with E-state index in [0.717, 1.165) is 6.42 Å². The number of rotatable bonds is 2. The molecule has 1 fully saturated rings. The monoisotopic (exact) mass is 130 g/mol. The number of hydrogen-bond acceptors (Lipinski definition) is 3. The number of carbonyl (C=O) groups is 1. The van der Waals surface area contributed by atoms with Crippen LogP contribution in [-0.2, 0) is 14.3 Å². The first-order chi connectivity index (χ1) is 4.18. The molecule has 0 unspecified atom stereocenters. The van der Waals surface area contributed by atoms with E-state index in [4.69, 9.17) is 9.47 Å². The van der Waals surface area contributed by atoms with Crippen LogP contribution in [0.5, 0.6) is 0 Å². The first-order valence-electron chi connectivity index (χ1n) is 3.02. The van der Waals surface area contributed by atoms with Gasteiger partial charge in [0, 0.05) is 13.3 Å². The van der Waals surface area contributed by atoms with E-state index in [1.165, 1.54) is 6.92 Å². The lowest BCUT2D eigenvalue weighted by Crippen LogP contribution is -2.17. The van der Waals surface area contributed by atoms with Crippen molar-refractivity contribution < 1.29 is 14.3 Å². The normalized spacial score (nSPS) is 31.8. The summed E-state index contributed by atoms with van der Waals surface area (Å²) in [5, 5.41) is 0. The maximum absolute atomic E-state index is 10.4. The second kappa shape index (κ2) is 1.99. The van der Waals surface area contributed by atoms with Crippen molar-refractivity contribution in [3.63, 3.8) is 0 Å². The molecule has 0 amide bonds. The number of epoxide rings is 1. The van der Waals surface area contributed by atoms with E-state index in [1.54, 1.807) is 0 Å². The van der Waals surface area contributed by atoms with Gasteiger partial charge in [-0.3, -0.25) is 4.79 Å². The average Bonchev–Trinajstić information content (AvgIpc) is 2.48. The van der Waals surface area contributed by atoms with Gasteiger partial charge in [-0.2, -0.15) is 0 Å². The second-order valence-corrected chi connectivity index (χ2v) is 2.15. The molecule has 0 aromatic rings. The Morgan fingerprint density at radius 2 is 2.44 bits per heavy atom. The molecule has 0 N–H and O–H groups in total. The van der Waals surface area contributed by atoms with Crippen LogP contribution in [0.4, 0.5) is 0 Å². The van der Waals surface area contributed by atoms with Gasteiger partial charge in [-0.1, -0.05) is 6.92 Å². The molecular formula is C6H10O3. The van der Waals surface area contributed by atoms with E-state index in [1.807, 2.05) is 6.92 Å². The topological polar surface area (TPSA) is 38.8 Å². The lowest BCUT2D eigenvalue weighted by atomic mass is 10.3. The highest BCUT2D eigenvalue weighted by Crippen LogP contribution is 2.31. The van der Waals surface area contributed by atoms with Gasteiger partial charge in [-0.25, -0.2) is 0 Å². The van der Waals surface area contributed by atoms with Gasteiger partial charge in [-0.15, -0.1) is 0 Å². The van der Waals surface area contributed by atoms with E-state index >= 15 is 0 Å². The number of carbonyl (C=O) groups excluding carboxylic acids is 1. The predicted molar refractivity (Wildman–Crippen MR) is 30.7 cm³/mol. The quantitative estimate of drug-likeness (QED) is 0.407. The van der Waals surface area contributed by atoms with Gasteiger partial charge in [-0.05, 0) is 0 Å². The van der Waals surface area contributed by atoms with Crippen LogP contribution < -0.4 is 0 Å². The minimum Gasteiger partial charge on any atom is -0.431 e. The van der Waals surface area contributed by atoms with Gasteiger partial charge in [0.2, 0.25) is 5.79 Å². The van der Waals surface area contributed by atoms with E-state index < -0.39 is 5.79 Å². The molecule has 0 aromatic carbocycles. The molecule has 3 heteroatoms. The summed E-state index contributed by atoms with van der Waals surface area (Å²) in [4.78, 5) is 10.4. The molecule has 1 atom stereocenters. The smallest absolute Gasteiger partial charge is 0.305 e. The molecule has 1 heterocycles. The zero-order valence-corrected chi connectivity index (χ0v) is 5.64. The largest absolute Gasteiger partial charge is 0.431 e. The van der Waals surface area contributed by atoms with Crippen LogP contribution in [-0.4, -0.2) is 18.4 Å². The first-order valence-corrected chi connectivity index (χ1v) is 3.02. The molecule has 0 saturated carbocycles. The fourth-order valence-electron chi connectivity index (χ4n) is 0.678. The van der Waals surface area contributed by atoms with Gasteiger partial charge in [0.1, 0.15) is 6.61 Å². The van der Waals surface area contributed by atoms with Crippen molar-refractivity contribution in [1.29, 1.82) is 0 Å². The molecule has 0 bridgehead atoms. The van der Waals surface area contributed by atoms with Gasteiger partial charge in [0.05, 0.1) is 0 Å². The van der Waals surface area contributed by atoms with Crippen LogP contribution >= 0.6 is 0 Å². The SMILES string of the molecule is CC[C@]1(OC(C)=O)CO1. The van der Waals surface area contributed by atoms with E-state index in [0.29, 0.717) is 6.61 Å². The van der Waals surface area contributed by atoms with Crippen LogP contribution in [0.15, 0.2) is 0 Å². The Morgan fingerprint density at radius 1 is 1.89 bits per heavy atom. The number of ether oxygens (including phenoxy) is 2. The molecule has 9 heavy (non-hydrogen) atoms. The van der Waals surface area contributed by atoms with Crippen molar-refractivity contribution in [2.24, 2.45) is 0 Å². The van der Waals surface area contributed by atoms with Gasteiger partial charge < -0.3 is 9.47 Å². The summed E-state index contributed by atoms with van der Waals surface area (Å²) in [6, 6.07) is 0. The third kappa shape index (κ3) is 1.42. The summed E-state index contributed by atoms with van der Waals surface area (Å²) in [5.74, 6) is -0.805. The molecule has 0 radical (unpaired) electrons. The summed E-state index contributed by atoms with van der Waals surface area (Å²) in [6.45, 7) is 3.87. The molecule has 0 spiro atoms.